The molecule has 1 aliphatic rings. The van der Waals surface area contributed by atoms with Crippen molar-refractivity contribution in [2.24, 2.45) is 0 Å². The van der Waals surface area contributed by atoms with Gasteiger partial charge in [0.15, 0.2) is 11.5 Å². The molecule has 0 spiro atoms. The second kappa shape index (κ2) is 11.0. The van der Waals surface area contributed by atoms with Crippen molar-refractivity contribution in [2.45, 2.75) is 65.6 Å². The van der Waals surface area contributed by atoms with Gasteiger partial charge in [0, 0.05) is 19.0 Å². The van der Waals surface area contributed by atoms with Gasteiger partial charge in [0.05, 0.1) is 0 Å². The maximum atomic E-state index is 13.3. The second-order valence-electron chi connectivity index (χ2n) is 8.48. The van der Waals surface area contributed by atoms with Crippen LogP contribution in [-0.4, -0.2) is 42.0 Å². The Balaban J connectivity index is 1.72. The molecule has 2 atom stereocenters. The van der Waals surface area contributed by atoms with E-state index >= 15 is 0 Å². The highest BCUT2D eigenvalue weighted by atomic mass is 16.6. The first-order chi connectivity index (χ1) is 15.4. The number of fused-ring (bicyclic) bond motifs is 1. The zero-order valence-electron chi connectivity index (χ0n) is 19.5. The maximum Gasteiger partial charge on any atom is 0.242 e. The van der Waals surface area contributed by atoms with Crippen LogP contribution in [0.15, 0.2) is 42.5 Å². The number of amides is 2. The molecule has 0 radical (unpaired) electrons. The summed E-state index contributed by atoms with van der Waals surface area (Å²) in [5, 5.41) is 3.01. The lowest BCUT2D eigenvalue weighted by molar-refractivity contribution is -0.140. The molecule has 2 amide bonds. The molecule has 2 aromatic carbocycles. The fourth-order valence-corrected chi connectivity index (χ4v) is 3.69. The van der Waals surface area contributed by atoms with E-state index < -0.39 is 6.04 Å². The van der Waals surface area contributed by atoms with E-state index in [1.807, 2.05) is 57.2 Å². The summed E-state index contributed by atoms with van der Waals surface area (Å²) >= 11 is 0. The highest BCUT2D eigenvalue weighted by Crippen LogP contribution is 2.31. The fraction of sp³-hybridized carbons (Fsp3) is 0.462. The van der Waals surface area contributed by atoms with E-state index in [1.54, 1.807) is 11.8 Å². The predicted octanol–water partition coefficient (Wildman–Crippen LogP) is 4.03. The summed E-state index contributed by atoms with van der Waals surface area (Å²) in [7, 11) is 0. The van der Waals surface area contributed by atoms with Crippen LogP contribution in [0.3, 0.4) is 0 Å². The van der Waals surface area contributed by atoms with Gasteiger partial charge in [-0.3, -0.25) is 9.59 Å². The number of aryl methyl sites for hydroxylation is 2. The molecule has 1 N–H and O–H groups in total. The molecule has 0 saturated heterocycles. The van der Waals surface area contributed by atoms with E-state index in [2.05, 4.69) is 11.4 Å². The summed E-state index contributed by atoms with van der Waals surface area (Å²) in [6.45, 7) is 9.30. The minimum atomic E-state index is -0.558. The topological polar surface area (TPSA) is 67.9 Å². The average Bonchev–Trinajstić information content (AvgIpc) is 2.80. The Morgan fingerprint density at radius 1 is 1.03 bits per heavy atom. The highest BCUT2D eigenvalue weighted by Gasteiger charge is 2.26. The number of rotatable bonds is 9. The van der Waals surface area contributed by atoms with Crippen molar-refractivity contribution in [3.63, 3.8) is 0 Å². The lowest BCUT2D eigenvalue weighted by Gasteiger charge is -2.30. The molecule has 2 aromatic rings. The molecule has 1 aliphatic heterocycles. The Morgan fingerprint density at radius 2 is 1.78 bits per heavy atom. The molecule has 0 bridgehead atoms. The Labute approximate surface area is 190 Å². The Kier molecular flexibility index (Phi) is 8.14. The molecule has 0 aromatic heterocycles. The van der Waals surface area contributed by atoms with Crippen molar-refractivity contribution in [1.82, 2.24) is 10.2 Å². The van der Waals surface area contributed by atoms with Crippen LogP contribution in [0.1, 0.15) is 50.3 Å². The highest BCUT2D eigenvalue weighted by molar-refractivity contribution is 5.87. The molecule has 6 nitrogen and oxygen atoms in total. The van der Waals surface area contributed by atoms with Crippen LogP contribution in [0.4, 0.5) is 0 Å². The van der Waals surface area contributed by atoms with Crippen LogP contribution in [0.25, 0.3) is 0 Å². The minimum Gasteiger partial charge on any atom is -0.486 e. The molecule has 0 fully saturated rings. The summed E-state index contributed by atoms with van der Waals surface area (Å²) in [5.41, 5.74) is 3.15. The van der Waals surface area contributed by atoms with Crippen molar-refractivity contribution in [1.29, 1.82) is 0 Å². The summed E-state index contributed by atoms with van der Waals surface area (Å²) in [6, 6.07) is 13.4. The normalized spacial score (nSPS) is 14.4. The number of carbonyl (C=O) groups is 2. The summed E-state index contributed by atoms with van der Waals surface area (Å²) in [5.74, 6) is 1.29. The van der Waals surface area contributed by atoms with Gasteiger partial charge in [0.25, 0.3) is 0 Å². The van der Waals surface area contributed by atoms with Gasteiger partial charge in [-0.05, 0) is 56.9 Å². The average molecular weight is 439 g/mol. The standard InChI is InChI=1S/C26H34N2O4/c1-5-19(3)27-26(30)20(4)28(17-22-8-6-7-18(2)15-22)25(29)12-10-21-9-11-23-24(16-21)32-14-13-31-23/h6-9,11,15-16,19-20H,5,10,12-14,17H2,1-4H3,(H,27,30)/t19-,20+/m0/s1. The maximum absolute atomic E-state index is 13.3. The van der Waals surface area contributed by atoms with Gasteiger partial charge < -0.3 is 19.7 Å². The van der Waals surface area contributed by atoms with Crippen LogP contribution in [0.5, 0.6) is 11.5 Å². The first-order valence-electron chi connectivity index (χ1n) is 11.4. The summed E-state index contributed by atoms with van der Waals surface area (Å²) in [4.78, 5) is 27.8. The molecule has 0 saturated carbocycles. The first kappa shape index (κ1) is 23.6. The zero-order valence-corrected chi connectivity index (χ0v) is 19.5. The lowest BCUT2D eigenvalue weighted by Crippen LogP contribution is -2.49. The number of benzene rings is 2. The van der Waals surface area contributed by atoms with Crippen LogP contribution in [0.2, 0.25) is 0 Å². The molecule has 6 heteroatoms. The smallest absolute Gasteiger partial charge is 0.242 e. The number of carbonyl (C=O) groups excluding carboxylic acids is 2. The fourth-order valence-electron chi connectivity index (χ4n) is 3.69. The van der Waals surface area contributed by atoms with Crippen LogP contribution in [-0.2, 0) is 22.6 Å². The van der Waals surface area contributed by atoms with Gasteiger partial charge in [-0.25, -0.2) is 0 Å². The predicted molar refractivity (Wildman–Crippen MR) is 125 cm³/mol. The number of nitrogens with one attached hydrogen (secondary N) is 1. The first-order valence-corrected chi connectivity index (χ1v) is 11.4. The van der Waals surface area contributed by atoms with Gasteiger partial charge in [0.2, 0.25) is 11.8 Å². The second-order valence-corrected chi connectivity index (χ2v) is 8.48. The summed E-state index contributed by atoms with van der Waals surface area (Å²) < 4.78 is 11.2. The van der Waals surface area contributed by atoms with Crippen molar-refractivity contribution < 1.29 is 19.1 Å². The molecule has 0 unspecified atom stereocenters. The van der Waals surface area contributed by atoms with Crippen molar-refractivity contribution in [3.8, 4) is 11.5 Å². The van der Waals surface area contributed by atoms with Crippen molar-refractivity contribution >= 4 is 11.8 Å². The number of hydrogen-bond acceptors (Lipinski definition) is 4. The number of ether oxygens (including phenoxy) is 2. The van der Waals surface area contributed by atoms with E-state index in [0.717, 1.165) is 34.6 Å². The Morgan fingerprint density at radius 3 is 2.50 bits per heavy atom. The van der Waals surface area contributed by atoms with E-state index in [0.29, 0.717) is 32.6 Å². The van der Waals surface area contributed by atoms with Crippen molar-refractivity contribution in [2.75, 3.05) is 13.2 Å². The Bertz CT molecular complexity index is 943. The quantitative estimate of drug-likeness (QED) is 0.642. The van der Waals surface area contributed by atoms with Gasteiger partial charge >= 0.3 is 0 Å². The third kappa shape index (κ3) is 6.25. The number of nitrogens with zero attached hydrogens (tertiary/aromatic N) is 1. The van der Waals surface area contributed by atoms with Crippen LogP contribution in [0, 0.1) is 6.92 Å². The molecule has 32 heavy (non-hydrogen) atoms. The van der Waals surface area contributed by atoms with Gasteiger partial charge in [0.1, 0.15) is 19.3 Å². The molecule has 1 heterocycles. The number of hydrogen-bond donors (Lipinski definition) is 1. The van der Waals surface area contributed by atoms with Gasteiger partial charge in [-0.15, -0.1) is 0 Å². The van der Waals surface area contributed by atoms with E-state index in [1.165, 1.54) is 0 Å². The van der Waals surface area contributed by atoms with Crippen LogP contribution < -0.4 is 14.8 Å². The monoisotopic (exact) mass is 438 g/mol. The van der Waals surface area contributed by atoms with E-state index in [4.69, 9.17) is 9.47 Å². The third-order valence-corrected chi connectivity index (χ3v) is 5.84. The van der Waals surface area contributed by atoms with E-state index in [9.17, 15) is 9.59 Å². The third-order valence-electron chi connectivity index (χ3n) is 5.84. The summed E-state index contributed by atoms with van der Waals surface area (Å²) in [6.07, 6.45) is 1.72. The zero-order chi connectivity index (χ0) is 23.1. The van der Waals surface area contributed by atoms with Crippen molar-refractivity contribution in [3.05, 3.63) is 59.2 Å². The Hall–Kier alpha value is -3.02. The molecular formula is C26H34N2O4. The van der Waals surface area contributed by atoms with Gasteiger partial charge in [-0.1, -0.05) is 42.8 Å². The molecular weight excluding hydrogens is 404 g/mol. The molecule has 3 rings (SSSR count). The SMILES string of the molecule is CC[C@H](C)NC(=O)[C@@H](C)N(Cc1cccc(C)c1)C(=O)CCc1ccc2c(c1)OCCO2. The minimum absolute atomic E-state index is 0.0480. The van der Waals surface area contributed by atoms with Gasteiger partial charge in [-0.2, -0.15) is 0 Å². The van der Waals surface area contributed by atoms with E-state index in [-0.39, 0.29) is 17.9 Å². The lowest BCUT2D eigenvalue weighted by atomic mass is 10.1. The molecule has 0 aliphatic carbocycles. The molecule has 172 valence electrons. The largest absolute Gasteiger partial charge is 0.486 e. The van der Waals surface area contributed by atoms with Crippen LogP contribution >= 0.6 is 0 Å².